The summed E-state index contributed by atoms with van der Waals surface area (Å²) in [7, 11) is 0. The van der Waals surface area contributed by atoms with Gasteiger partial charge in [-0.25, -0.2) is 13.8 Å². The minimum atomic E-state index is -0.400. The van der Waals surface area contributed by atoms with Gasteiger partial charge in [0, 0.05) is 5.56 Å². The van der Waals surface area contributed by atoms with Gasteiger partial charge in [0.25, 0.3) is 0 Å². The Bertz CT molecular complexity index is 765. The number of carbonyl (C=O) groups excluding carboxylic acids is 1. The van der Waals surface area contributed by atoms with Crippen molar-refractivity contribution in [2.75, 3.05) is 0 Å². The van der Waals surface area contributed by atoms with E-state index in [2.05, 4.69) is 4.98 Å². The molecule has 0 N–H and O–H groups in total. The smallest absolute Gasteiger partial charge is 0.221 e. The molecule has 1 aromatic heterocycles. The largest absolute Gasteiger partial charge is 0.286 e. The number of hydrogen-bond acceptors (Lipinski definition) is 3. The molecule has 19 heavy (non-hydrogen) atoms. The zero-order chi connectivity index (χ0) is 13.4. The molecule has 94 valence electrons. The quantitative estimate of drug-likeness (QED) is 0.666. The molecule has 0 saturated heterocycles. The van der Waals surface area contributed by atoms with Crippen molar-refractivity contribution >= 4 is 27.3 Å². The van der Waals surface area contributed by atoms with E-state index in [9.17, 15) is 13.6 Å². The third kappa shape index (κ3) is 2.24. The van der Waals surface area contributed by atoms with E-state index in [1.165, 1.54) is 42.5 Å². The molecule has 5 heteroatoms. The Kier molecular flexibility index (Phi) is 2.83. The van der Waals surface area contributed by atoms with Crippen LogP contribution in [0.3, 0.4) is 0 Å². The zero-order valence-corrected chi connectivity index (χ0v) is 10.4. The first-order valence-electron chi connectivity index (χ1n) is 5.50. The minimum absolute atomic E-state index is 0.271. The normalized spacial score (nSPS) is 10.8. The van der Waals surface area contributed by atoms with Gasteiger partial charge in [-0.15, -0.1) is 11.3 Å². The van der Waals surface area contributed by atoms with Crippen LogP contribution in [-0.2, 0) is 0 Å². The summed E-state index contributed by atoms with van der Waals surface area (Å²) in [5, 5.41) is 0.271. The maximum atomic E-state index is 13.1. The first-order valence-corrected chi connectivity index (χ1v) is 6.31. The second kappa shape index (κ2) is 4.51. The van der Waals surface area contributed by atoms with Crippen LogP contribution in [0.1, 0.15) is 15.4 Å². The van der Waals surface area contributed by atoms with Gasteiger partial charge in [-0.05, 0) is 42.5 Å². The molecule has 0 aliphatic rings. The average molecular weight is 275 g/mol. The fraction of sp³-hybridized carbons (Fsp3) is 0. The summed E-state index contributed by atoms with van der Waals surface area (Å²) in [5.41, 5.74) is 0.942. The molecule has 0 saturated carbocycles. The number of hydrogen-bond donors (Lipinski definition) is 0. The van der Waals surface area contributed by atoms with Crippen LogP contribution in [0, 0.1) is 11.6 Å². The summed E-state index contributed by atoms with van der Waals surface area (Å²) in [4.78, 5) is 16.3. The summed E-state index contributed by atoms with van der Waals surface area (Å²) in [6.45, 7) is 0. The predicted octanol–water partition coefficient (Wildman–Crippen LogP) is 3.81. The van der Waals surface area contributed by atoms with E-state index in [0.717, 1.165) is 11.3 Å². The van der Waals surface area contributed by atoms with Crippen LogP contribution in [0.2, 0.25) is 0 Å². The molecular formula is C14H7F2NOS. The summed E-state index contributed by atoms with van der Waals surface area (Å²) in [5.74, 6) is -1.05. The van der Waals surface area contributed by atoms with E-state index in [1.54, 1.807) is 0 Å². The minimum Gasteiger partial charge on any atom is -0.286 e. The van der Waals surface area contributed by atoms with Crippen LogP contribution in [-0.4, -0.2) is 10.8 Å². The number of benzene rings is 2. The number of fused-ring (bicyclic) bond motifs is 1. The molecule has 0 bridgehead atoms. The monoisotopic (exact) mass is 275 g/mol. The topological polar surface area (TPSA) is 30.0 Å². The highest BCUT2D eigenvalue weighted by molar-refractivity contribution is 7.20. The molecular weight excluding hydrogens is 268 g/mol. The highest BCUT2D eigenvalue weighted by Gasteiger charge is 2.14. The Labute approximate surface area is 111 Å². The number of thiazole rings is 1. The molecule has 0 amide bonds. The van der Waals surface area contributed by atoms with Gasteiger partial charge in [0.05, 0.1) is 10.2 Å². The summed E-state index contributed by atoms with van der Waals surface area (Å²) < 4.78 is 26.5. The van der Waals surface area contributed by atoms with E-state index >= 15 is 0 Å². The van der Waals surface area contributed by atoms with Gasteiger partial charge < -0.3 is 0 Å². The Morgan fingerprint density at radius 3 is 2.42 bits per heavy atom. The Morgan fingerprint density at radius 1 is 1.00 bits per heavy atom. The lowest BCUT2D eigenvalue weighted by Gasteiger charge is -1.96. The lowest BCUT2D eigenvalue weighted by Crippen LogP contribution is -2.00. The van der Waals surface area contributed by atoms with E-state index in [-0.39, 0.29) is 16.6 Å². The van der Waals surface area contributed by atoms with Gasteiger partial charge in [-0.2, -0.15) is 0 Å². The van der Waals surface area contributed by atoms with Gasteiger partial charge in [0.1, 0.15) is 11.6 Å². The van der Waals surface area contributed by atoms with Crippen LogP contribution >= 0.6 is 11.3 Å². The molecule has 1 heterocycles. The molecule has 3 rings (SSSR count). The lowest BCUT2D eigenvalue weighted by molar-refractivity contribution is 0.103. The van der Waals surface area contributed by atoms with Gasteiger partial charge in [0.15, 0.2) is 5.01 Å². The Hall–Kier alpha value is -2.14. The first-order chi connectivity index (χ1) is 9.13. The third-order valence-electron chi connectivity index (χ3n) is 2.65. The molecule has 0 aliphatic carbocycles. The molecule has 0 radical (unpaired) electrons. The van der Waals surface area contributed by atoms with E-state index in [0.29, 0.717) is 15.8 Å². The van der Waals surface area contributed by atoms with Crippen molar-refractivity contribution in [3.63, 3.8) is 0 Å². The highest BCUT2D eigenvalue weighted by atomic mass is 32.1. The van der Waals surface area contributed by atoms with Gasteiger partial charge >= 0.3 is 0 Å². The SMILES string of the molecule is O=C(c1ccc(F)cc1)c1nc2ccc(F)cc2s1. The molecule has 2 aromatic carbocycles. The molecule has 0 unspecified atom stereocenters. The van der Waals surface area contributed by atoms with Gasteiger partial charge in [-0.3, -0.25) is 4.79 Å². The number of halogens is 2. The van der Waals surface area contributed by atoms with E-state index < -0.39 is 5.82 Å². The van der Waals surface area contributed by atoms with Crippen LogP contribution < -0.4 is 0 Å². The van der Waals surface area contributed by atoms with Crippen LogP contribution in [0.15, 0.2) is 42.5 Å². The third-order valence-corrected chi connectivity index (χ3v) is 3.67. The van der Waals surface area contributed by atoms with Crippen molar-refractivity contribution in [1.29, 1.82) is 0 Å². The van der Waals surface area contributed by atoms with Crippen molar-refractivity contribution in [1.82, 2.24) is 4.98 Å². The zero-order valence-electron chi connectivity index (χ0n) is 9.56. The fourth-order valence-corrected chi connectivity index (χ4v) is 2.67. The molecule has 0 atom stereocenters. The van der Waals surface area contributed by atoms with Crippen molar-refractivity contribution in [3.8, 4) is 0 Å². The molecule has 0 fully saturated rings. The maximum absolute atomic E-state index is 13.1. The van der Waals surface area contributed by atoms with Crippen LogP contribution in [0.4, 0.5) is 8.78 Å². The molecule has 2 nitrogen and oxygen atoms in total. The number of rotatable bonds is 2. The van der Waals surface area contributed by atoms with Gasteiger partial charge in [0.2, 0.25) is 5.78 Å². The lowest BCUT2D eigenvalue weighted by atomic mass is 10.1. The predicted molar refractivity (Wildman–Crippen MR) is 69.4 cm³/mol. The Morgan fingerprint density at radius 2 is 1.68 bits per heavy atom. The van der Waals surface area contributed by atoms with Crippen molar-refractivity contribution in [2.24, 2.45) is 0 Å². The standard InChI is InChI=1S/C14H7F2NOS/c15-9-3-1-8(2-4-9)13(18)14-17-11-6-5-10(16)7-12(11)19-14/h1-7H. The van der Waals surface area contributed by atoms with E-state index in [4.69, 9.17) is 0 Å². The number of ketones is 1. The van der Waals surface area contributed by atoms with Crippen LogP contribution in [0.5, 0.6) is 0 Å². The van der Waals surface area contributed by atoms with E-state index in [1.807, 2.05) is 0 Å². The Balaban J connectivity index is 2.04. The fourth-order valence-electron chi connectivity index (χ4n) is 1.72. The van der Waals surface area contributed by atoms with Crippen molar-refractivity contribution in [3.05, 3.63) is 64.7 Å². The van der Waals surface area contributed by atoms with Crippen molar-refractivity contribution in [2.45, 2.75) is 0 Å². The second-order valence-electron chi connectivity index (χ2n) is 3.97. The summed E-state index contributed by atoms with van der Waals surface area (Å²) in [6.07, 6.45) is 0. The van der Waals surface area contributed by atoms with Crippen LogP contribution in [0.25, 0.3) is 10.2 Å². The maximum Gasteiger partial charge on any atom is 0.221 e. The number of nitrogens with zero attached hydrogens (tertiary/aromatic N) is 1. The first kappa shape index (κ1) is 11.9. The number of carbonyl (C=O) groups is 1. The summed E-state index contributed by atoms with van der Waals surface area (Å²) >= 11 is 1.12. The second-order valence-corrected chi connectivity index (χ2v) is 5.00. The molecule has 0 spiro atoms. The summed E-state index contributed by atoms with van der Waals surface area (Å²) in [6, 6.07) is 9.43. The number of aromatic nitrogens is 1. The molecule has 0 aliphatic heterocycles. The average Bonchev–Trinajstić information content (AvgIpc) is 2.81. The highest BCUT2D eigenvalue weighted by Crippen LogP contribution is 2.24. The van der Waals surface area contributed by atoms with Crippen molar-refractivity contribution < 1.29 is 13.6 Å². The van der Waals surface area contributed by atoms with Gasteiger partial charge in [-0.1, -0.05) is 0 Å². The molecule has 3 aromatic rings.